The van der Waals surface area contributed by atoms with Crippen LogP contribution in [-0.2, 0) is 0 Å². The van der Waals surface area contributed by atoms with Crippen molar-refractivity contribution < 1.29 is 10.2 Å². The van der Waals surface area contributed by atoms with Gasteiger partial charge in [-0.3, -0.25) is 0 Å². The molecule has 0 saturated heterocycles. The Morgan fingerprint density at radius 1 is 1.00 bits per heavy atom. The van der Waals surface area contributed by atoms with Crippen LogP contribution in [0, 0.1) is 46.8 Å². The Balaban J connectivity index is 1.55. The maximum absolute atomic E-state index is 11.0. The molecule has 0 amide bonds. The number of allylic oxidation sites excluding steroid dienone is 1. The zero-order valence-corrected chi connectivity index (χ0v) is 16.2. The molecule has 4 saturated carbocycles. The highest BCUT2D eigenvalue weighted by Gasteiger charge is 2.59. The zero-order valence-electron chi connectivity index (χ0n) is 16.2. The van der Waals surface area contributed by atoms with Gasteiger partial charge >= 0.3 is 0 Å². The molecule has 2 heteroatoms. The summed E-state index contributed by atoms with van der Waals surface area (Å²) in [7, 11) is 0. The fourth-order valence-corrected chi connectivity index (χ4v) is 8.12. The molecule has 4 rings (SSSR count). The number of aliphatic hydroxyl groups is 2. The molecular formula is C23H38O2. The van der Waals surface area contributed by atoms with Gasteiger partial charge in [-0.1, -0.05) is 19.9 Å². The van der Waals surface area contributed by atoms with E-state index in [0.29, 0.717) is 5.92 Å². The fraction of sp³-hybridized carbons (Fsp3) is 0.913. The molecule has 0 heterocycles. The molecule has 2 N–H and O–H groups in total. The van der Waals surface area contributed by atoms with Crippen molar-refractivity contribution in [2.45, 2.75) is 83.8 Å². The van der Waals surface area contributed by atoms with E-state index in [4.69, 9.17) is 0 Å². The molecule has 0 aromatic rings. The normalized spacial score (nSPS) is 53.4. The third-order valence-electron chi connectivity index (χ3n) is 9.29. The lowest BCUT2D eigenvalue weighted by atomic mass is 9.46. The van der Waals surface area contributed by atoms with Gasteiger partial charge in [0.2, 0.25) is 0 Å². The molecule has 4 aliphatic rings. The summed E-state index contributed by atoms with van der Waals surface area (Å²) in [4.78, 5) is 0. The van der Waals surface area contributed by atoms with E-state index in [1.165, 1.54) is 25.7 Å². The summed E-state index contributed by atoms with van der Waals surface area (Å²) in [6, 6.07) is 0. The van der Waals surface area contributed by atoms with E-state index in [9.17, 15) is 10.2 Å². The van der Waals surface area contributed by atoms with Crippen LogP contribution in [0.5, 0.6) is 0 Å². The Hall–Kier alpha value is -0.340. The minimum atomic E-state index is -0.190. The van der Waals surface area contributed by atoms with Gasteiger partial charge in [0.15, 0.2) is 0 Å². The summed E-state index contributed by atoms with van der Waals surface area (Å²) in [5.41, 5.74) is 0.261. The van der Waals surface area contributed by atoms with Crippen LogP contribution in [0.15, 0.2) is 12.7 Å². The van der Waals surface area contributed by atoms with Crippen LogP contribution in [-0.4, -0.2) is 22.4 Å². The first-order chi connectivity index (χ1) is 12.0. The maximum atomic E-state index is 11.0. The van der Waals surface area contributed by atoms with Gasteiger partial charge in [-0.25, -0.2) is 0 Å². The van der Waals surface area contributed by atoms with Gasteiger partial charge in [0.05, 0.1) is 12.2 Å². The maximum Gasteiger partial charge on any atom is 0.0577 e. The van der Waals surface area contributed by atoms with Crippen LogP contribution in [0.25, 0.3) is 0 Å². The van der Waals surface area contributed by atoms with Crippen LogP contribution in [0.2, 0.25) is 0 Å². The Morgan fingerprint density at radius 2 is 1.76 bits per heavy atom. The smallest absolute Gasteiger partial charge is 0.0577 e. The van der Waals surface area contributed by atoms with Crippen molar-refractivity contribution in [1.82, 2.24) is 0 Å². The first kappa shape index (κ1) is 18.0. The van der Waals surface area contributed by atoms with Gasteiger partial charge in [-0.15, -0.1) is 6.58 Å². The third kappa shape index (κ3) is 2.83. The van der Waals surface area contributed by atoms with Crippen molar-refractivity contribution in [3.05, 3.63) is 12.7 Å². The summed E-state index contributed by atoms with van der Waals surface area (Å²) < 4.78 is 0. The molecular weight excluding hydrogens is 308 g/mol. The molecule has 0 bridgehead atoms. The Labute approximate surface area is 154 Å². The Bertz CT molecular complexity index is 502. The van der Waals surface area contributed by atoms with E-state index in [2.05, 4.69) is 26.5 Å². The fourth-order valence-electron chi connectivity index (χ4n) is 8.12. The van der Waals surface area contributed by atoms with Gasteiger partial charge in [-0.2, -0.15) is 0 Å². The Kier molecular flexibility index (Phi) is 4.82. The number of rotatable bonds is 3. The summed E-state index contributed by atoms with van der Waals surface area (Å²) >= 11 is 0. The van der Waals surface area contributed by atoms with E-state index in [-0.39, 0.29) is 17.6 Å². The van der Waals surface area contributed by atoms with E-state index in [0.717, 1.165) is 67.6 Å². The topological polar surface area (TPSA) is 40.5 Å². The van der Waals surface area contributed by atoms with E-state index < -0.39 is 0 Å². The van der Waals surface area contributed by atoms with Crippen molar-refractivity contribution in [1.29, 1.82) is 0 Å². The number of aliphatic hydroxyl groups excluding tert-OH is 2. The second-order valence-electron chi connectivity index (χ2n) is 10.3. The molecule has 0 spiro atoms. The average molecular weight is 347 g/mol. The third-order valence-corrected chi connectivity index (χ3v) is 9.29. The molecule has 142 valence electrons. The van der Waals surface area contributed by atoms with Crippen LogP contribution in [0.3, 0.4) is 0 Å². The van der Waals surface area contributed by atoms with Gasteiger partial charge in [0.1, 0.15) is 0 Å². The van der Waals surface area contributed by atoms with Crippen molar-refractivity contribution >= 4 is 0 Å². The predicted molar refractivity (Wildman–Crippen MR) is 102 cm³/mol. The summed E-state index contributed by atoms with van der Waals surface area (Å²) in [5.74, 6) is 5.21. The SMILES string of the molecule is C=CC[C@@H](C)C1CCC2C1CCC1C2C[C@H](O)[C@@H]2C[C@H](O)CC[C@]12C. The number of hydrogen-bond acceptors (Lipinski definition) is 2. The lowest BCUT2D eigenvalue weighted by Crippen LogP contribution is -2.56. The minimum Gasteiger partial charge on any atom is -0.393 e. The van der Waals surface area contributed by atoms with Crippen LogP contribution in [0.4, 0.5) is 0 Å². The zero-order chi connectivity index (χ0) is 17.8. The monoisotopic (exact) mass is 346 g/mol. The van der Waals surface area contributed by atoms with Crippen LogP contribution < -0.4 is 0 Å². The lowest BCUT2D eigenvalue weighted by Gasteiger charge is -2.60. The van der Waals surface area contributed by atoms with Crippen molar-refractivity contribution in [3.63, 3.8) is 0 Å². The summed E-state index contributed by atoms with van der Waals surface area (Å²) in [6.07, 6.45) is 12.3. The van der Waals surface area contributed by atoms with E-state index >= 15 is 0 Å². The predicted octanol–water partition coefficient (Wildman–Crippen LogP) is 4.80. The number of fused-ring (bicyclic) bond motifs is 5. The summed E-state index contributed by atoms with van der Waals surface area (Å²) in [5, 5.41) is 21.1. The summed E-state index contributed by atoms with van der Waals surface area (Å²) in [6.45, 7) is 8.84. The van der Waals surface area contributed by atoms with E-state index in [1.807, 2.05) is 0 Å². The van der Waals surface area contributed by atoms with Crippen molar-refractivity contribution in [3.8, 4) is 0 Å². The van der Waals surface area contributed by atoms with Gasteiger partial charge in [0, 0.05) is 0 Å². The van der Waals surface area contributed by atoms with Crippen molar-refractivity contribution in [2.24, 2.45) is 46.8 Å². The molecule has 4 aliphatic carbocycles. The highest BCUT2D eigenvalue weighted by molar-refractivity contribution is 5.08. The molecule has 0 aromatic carbocycles. The number of hydrogen-bond donors (Lipinski definition) is 2. The molecule has 4 fully saturated rings. The molecule has 0 aliphatic heterocycles. The largest absolute Gasteiger partial charge is 0.393 e. The highest BCUT2D eigenvalue weighted by atomic mass is 16.3. The lowest BCUT2D eigenvalue weighted by molar-refractivity contribution is -0.159. The van der Waals surface area contributed by atoms with Gasteiger partial charge < -0.3 is 10.2 Å². The van der Waals surface area contributed by atoms with Crippen molar-refractivity contribution in [2.75, 3.05) is 0 Å². The average Bonchev–Trinajstić information content (AvgIpc) is 3.01. The van der Waals surface area contributed by atoms with E-state index in [1.54, 1.807) is 0 Å². The first-order valence-corrected chi connectivity index (χ1v) is 10.9. The van der Waals surface area contributed by atoms with Gasteiger partial charge in [-0.05, 0) is 105 Å². The highest BCUT2D eigenvalue weighted by Crippen LogP contribution is 2.64. The molecule has 25 heavy (non-hydrogen) atoms. The second kappa shape index (κ2) is 6.68. The first-order valence-electron chi connectivity index (χ1n) is 10.9. The molecule has 0 aromatic heterocycles. The minimum absolute atomic E-state index is 0.184. The molecule has 5 unspecified atom stereocenters. The Morgan fingerprint density at radius 3 is 2.52 bits per heavy atom. The molecule has 10 atom stereocenters. The van der Waals surface area contributed by atoms with Crippen LogP contribution >= 0.6 is 0 Å². The van der Waals surface area contributed by atoms with Gasteiger partial charge in [0.25, 0.3) is 0 Å². The molecule has 0 radical (unpaired) electrons. The van der Waals surface area contributed by atoms with Crippen LogP contribution in [0.1, 0.15) is 71.6 Å². The quantitative estimate of drug-likeness (QED) is 0.721. The standard InChI is InChI=1S/C23H38O2/c1-4-5-14(2)16-6-7-18-17(16)8-9-20-19(18)13-22(25)21-12-15(24)10-11-23(20,21)3/h4,14-22,24-25H,1,5-13H2,2-3H3/t14-,15-,16?,17?,18?,19?,20?,21+,22+,23-/m1/s1. The molecule has 2 nitrogen and oxygen atoms in total. The second-order valence-corrected chi connectivity index (χ2v) is 10.3.